The van der Waals surface area contributed by atoms with Crippen molar-refractivity contribution in [3.8, 4) is 0 Å². The molecule has 3 fully saturated rings. The SMILES string of the molecule is C=CCCC(NC(=O)[C@@H]1[C@@H]2[C@H](CN1C(=O)C(NC(=O)OCC1CC1)C1Cc3ccccc3C1)C2(C)C)C(=O)C(=O)NCC=C. The minimum Gasteiger partial charge on any atom is -0.449 e. The fourth-order valence-corrected chi connectivity index (χ4v) is 7.07. The maximum absolute atomic E-state index is 14.4. The number of allylic oxidation sites excluding steroid dienone is 1. The van der Waals surface area contributed by atoms with E-state index in [1.807, 2.05) is 24.3 Å². The minimum absolute atomic E-state index is 0.101. The number of Topliss-reactive ketones (excluding diaryl/α,β-unsaturated/α-hetero) is 1. The molecule has 1 aromatic rings. The molecule has 5 atom stereocenters. The van der Waals surface area contributed by atoms with Gasteiger partial charge < -0.3 is 25.6 Å². The number of ketones is 1. The molecule has 2 saturated carbocycles. The summed E-state index contributed by atoms with van der Waals surface area (Å²) in [5, 5.41) is 8.16. The molecule has 2 unspecified atom stereocenters. The molecular weight excluding hydrogens is 560 g/mol. The molecule has 10 nitrogen and oxygen atoms in total. The van der Waals surface area contributed by atoms with Gasteiger partial charge in [0, 0.05) is 13.1 Å². The highest BCUT2D eigenvalue weighted by Gasteiger charge is 2.69. The zero-order valence-corrected chi connectivity index (χ0v) is 25.7. The third kappa shape index (κ3) is 6.59. The lowest BCUT2D eigenvalue weighted by molar-refractivity contribution is -0.144. The van der Waals surface area contributed by atoms with Crippen LogP contribution in [-0.2, 0) is 36.8 Å². The highest BCUT2D eigenvalue weighted by Crippen LogP contribution is 2.65. The maximum Gasteiger partial charge on any atom is 0.407 e. The van der Waals surface area contributed by atoms with Gasteiger partial charge in [0.15, 0.2) is 0 Å². The van der Waals surface area contributed by atoms with Crippen molar-refractivity contribution in [3.05, 3.63) is 60.7 Å². The predicted octanol–water partition coefficient (Wildman–Crippen LogP) is 2.71. The number of alkyl carbamates (subject to hydrolysis) is 1. The van der Waals surface area contributed by atoms with Crippen LogP contribution in [0.15, 0.2) is 49.6 Å². The molecule has 0 aromatic heterocycles. The van der Waals surface area contributed by atoms with E-state index >= 15 is 0 Å². The Morgan fingerprint density at radius 2 is 1.73 bits per heavy atom. The zero-order valence-electron chi connectivity index (χ0n) is 25.7. The van der Waals surface area contributed by atoms with Crippen molar-refractivity contribution in [2.45, 2.75) is 70.5 Å². The van der Waals surface area contributed by atoms with E-state index < -0.39 is 41.8 Å². The number of rotatable bonds is 14. The van der Waals surface area contributed by atoms with Crippen molar-refractivity contribution in [1.29, 1.82) is 0 Å². The van der Waals surface area contributed by atoms with Crippen LogP contribution in [0.4, 0.5) is 4.79 Å². The summed E-state index contributed by atoms with van der Waals surface area (Å²) >= 11 is 0. The molecule has 1 aliphatic heterocycles. The van der Waals surface area contributed by atoms with Crippen molar-refractivity contribution in [1.82, 2.24) is 20.9 Å². The second-order valence-corrected chi connectivity index (χ2v) is 13.3. The summed E-state index contributed by atoms with van der Waals surface area (Å²) in [7, 11) is 0. The fraction of sp³-hybridized carbons (Fsp3) is 0.559. The average molecular weight is 605 g/mol. The van der Waals surface area contributed by atoms with Crippen molar-refractivity contribution in [2.75, 3.05) is 19.7 Å². The third-order valence-electron chi connectivity index (χ3n) is 9.92. The van der Waals surface area contributed by atoms with Gasteiger partial charge in [-0.05, 0) is 78.7 Å². The summed E-state index contributed by atoms with van der Waals surface area (Å²) < 4.78 is 5.46. The molecule has 3 N–H and O–H groups in total. The Labute approximate surface area is 259 Å². The number of nitrogens with one attached hydrogen (secondary N) is 3. The van der Waals surface area contributed by atoms with E-state index in [-0.39, 0.29) is 42.0 Å². The number of hydrogen-bond donors (Lipinski definition) is 3. The number of likely N-dealkylation sites (tertiary alicyclic amines) is 1. The number of amides is 4. The van der Waals surface area contributed by atoms with E-state index in [0.29, 0.717) is 38.3 Å². The van der Waals surface area contributed by atoms with Crippen LogP contribution in [0.2, 0.25) is 0 Å². The molecule has 1 aromatic carbocycles. The number of nitrogens with zero attached hydrogens (tertiary/aromatic N) is 1. The molecule has 4 aliphatic rings. The lowest BCUT2D eigenvalue weighted by atomic mass is 9.93. The van der Waals surface area contributed by atoms with Gasteiger partial charge in [-0.2, -0.15) is 0 Å². The summed E-state index contributed by atoms with van der Waals surface area (Å²) in [5.41, 5.74) is 2.11. The normalized spacial score (nSPS) is 24.2. The van der Waals surface area contributed by atoms with Gasteiger partial charge in [0.05, 0.1) is 12.6 Å². The largest absolute Gasteiger partial charge is 0.449 e. The number of hydrogen-bond acceptors (Lipinski definition) is 6. The fourth-order valence-electron chi connectivity index (χ4n) is 7.07. The predicted molar refractivity (Wildman–Crippen MR) is 164 cm³/mol. The molecule has 0 bridgehead atoms. The number of fused-ring (bicyclic) bond motifs is 2. The van der Waals surface area contributed by atoms with Crippen molar-refractivity contribution in [2.24, 2.45) is 29.1 Å². The molecule has 3 aliphatic carbocycles. The van der Waals surface area contributed by atoms with Gasteiger partial charge in [-0.3, -0.25) is 19.2 Å². The molecule has 5 rings (SSSR count). The molecular formula is C34H44N4O6. The first-order valence-electron chi connectivity index (χ1n) is 15.7. The Morgan fingerprint density at radius 3 is 2.34 bits per heavy atom. The van der Waals surface area contributed by atoms with Gasteiger partial charge >= 0.3 is 6.09 Å². The quantitative estimate of drug-likeness (QED) is 0.221. The molecule has 10 heteroatoms. The highest BCUT2D eigenvalue weighted by molar-refractivity contribution is 6.38. The van der Waals surface area contributed by atoms with E-state index in [1.54, 1.807) is 11.0 Å². The maximum atomic E-state index is 14.4. The molecule has 236 valence electrons. The number of carbonyl (C=O) groups excluding carboxylic acids is 5. The summed E-state index contributed by atoms with van der Waals surface area (Å²) in [5.74, 6) is -2.20. The molecule has 4 amide bonds. The van der Waals surface area contributed by atoms with Crippen molar-refractivity contribution >= 4 is 29.6 Å². The zero-order chi connectivity index (χ0) is 31.6. The second-order valence-electron chi connectivity index (χ2n) is 13.3. The van der Waals surface area contributed by atoms with E-state index in [4.69, 9.17) is 4.74 Å². The number of piperidine rings is 1. The Morgan fingerprint density at radius 1 is 1.05 bits per heavy atom. The lowest BCUT2D eigenvalue weighted by Gasteiger charge is -2.35. The first-order chi connectivity index (χ1) is 21.1. The number of ether oxygens (including phenoxy) is 1. The van der Waals surface area contributed by atoms with E-state index in [1.165, 1.54) is 6.08 Å². The van der Waals surface area contributed by atoms with Crippen LogP contribution in [0.1, 0.15) is 50.7 Å². The molecule has 0 spiro atoms. The summed E-state index contributed by atoms with van der Waals surface area (Å²) in [4.78, 5) is 68.4. The van der Waals surface area contributed by atoms with Crippen molar-refractivity contribution < 1.29 is 28.7 Å². The van der Waals surface area contributed by atoms with Gasteiger partial charge in [0.1, 0.15) is 12.1 Å². The van der Waals surface area contributed by atoms with Gasteiger partial charge in [0.2, 0.25) is 17.6 Å². The number of carbonyl (C=O) groups is 5. The van der Waals surface area contributed by atoms with Crippen LogP contribution in [0.5, 0.6) is 0 Å². The summed E-state index contributed by atoms with van der Waals surface area (Å²) in [6.45, 7) is 12.2. The Bertz CT molecular complexity index is 1310. The lowest BCUT2D eigenvalue weighted by Crippen LogP contribution is -2.59. The molecule has 0 radical (unpaired) electrons. The summed E-state index contributed by atoms with van der Waals surface area (Å²) in [6.07, 6.45) is 6.38. The Kier molecular flexibility index (Phi) is 9.27. The van der Waals surface area contributed by atoms with Crippen LogP contribution in [0.3, 0.4) is 0 Å². The van der Waals surface area contributed by atoms with Crippen LogP contribution in [0.25, 0.3) is 0 Å². The van der Waals surface area contributed by atoms with Crippen LogP contribution in [0, 0.1) is 29.1 Å². The first kappa shape index (κ1) is 31.5. The minimum atomic E-state index is -1.07. The average Bonchev–Trinajstić information content (AvgIpc) is 3.78. The van der Waals surface area contributed by atoms with Crippen LogP contribution in [-0.4, -0.2) is 72.3 Å². The van der Waals surface area contributed by atoms with Gasteiger partial charge in [-0.15, -0.1) is 13.2 Å². The third-order valence-corrected chi connectivity index (χ3v) is 9.92. The summed E-state index contributed by atoms with van der Waals surface area (Å²) in [6, 6.07) is 5.22. The van der Waals surface area contributed by atoms with E-state index in [2.05, 4.69) is 43.0 Å². The smallest absolute Gasteiger partial charge is 0.407 e. The number of benzene rings is 1. The molecule has 44 heavy (non-hydrogen) atoms. The van der Waals surface area contributed by atoms with Crippen LogP contribution < -0.4 is 16.0 Å². The van der Waals surface area contributed by atoms with Crippen molar-refractivity contribution in [3.63, 3.8) is 0 Å². The van der Waals surface area contributed by atoms with Crippen LogP contribution >= 0.6 is 0 Å². The van der Waals surface area contributed by atoms with Gasteiger partial charge in [-0.25, -0.2) is 4.79 Å². The first-order valence-corrected chi connectivity index (χ1v) is 15.7. The van der Waals surface area contributed by atoms with Gasteiger partial charge in [0.25, 0.3) is 5.91 Å². The standard InChI is InChI=1S/C34H44N4O6/c1-5-7-12-25(29(39)31(41)35-15-6-2)36-30(40)28-26-24(34(26,3)4)18-38(28)32(42)27(37-33(43)44-19-20-13-14-20)23-16-21-10-8-9-11-22(21)17-23/h5-6,8-11,20,23-28H,1-2,7,12-19H2,3-4H3,(H,35,41)(H,36,40)(H,37,43)/t24-,25?,26-,27?,28-/m0/s1. The monoisotopic (exact) mass is 604 g/mol. The van der Waals surface area contributed by atoms with Gasteiger partial charge in [-0.1, -0.05) is 50.3 Å². The Hall–Kier alpha value is -3.95. The molecule has 1 heterocycles. The Balaban J connectivity index is 1.36. The van der Waals surface area contributed by atoms with E-state index in [0.717, 1.165) is 24.0 Å². The van der Waals surface area contributed by atoms with E-state index in [9.17, 15) is 24.0 Å². The topological polar surface area (TPSA) is 134 Å². The second kappa shape index (κ2) is 13.0. The highest BCUT2D eigenvalue weighted by atomic mass is 16.5. The molecule has 1 saturated heterocycles.